The molecule has 2 rings (SSSR count). The number of pyridine rings is 1. The highest BCUT2D eigenvalue weighted by atomic mass is 32.2. The fourth-order valence-electron chi connectivity index (χ4n) is 1.71. The van der Waals surface area contributed by atoms with Crippen LogP contribution in [0.15, 0.2) is 47.6 Å². The summed E-state index contributed by atoms with van der Waals surface area (Å²) >= 11 is 0. The molecule has 110 valence electrons. The minimum Gasteiger partial charge on any atom is -0.398 e. The van der Waals surface area contributed by atoms with Crippen molar-refractivity contribution in [3.8, 4) is 0 Å². The molecule has 0 saturated heterocycles. The van der Waals surface area contributed by atoms with Crippen molar-refractivity contribution < 1.29 is 13.2 Å². The molecule has 7 nitrogen and oxygen atoms in total. The first kappa shape index (κ1) is 14.9. The molecule has 0 atom stereocenters. The van der Waals surface area contributed by atoms with Crippen molar-refractivity contribution in [3.05, 3.63) is 53.9 Å². The molecule has 0 fully saturated rings. The average Bonchev–Trinajstić information content (AvgIpc) is 2.46. The van der Waals surface area contributed by atoms with Crippen LogP contribution in [0.2, 0.25) is 0 Å². The fourth-order valence-corrected chi connectivity index (χ4v) is 2.83. The molecule has 1 heterocycles. The second-order valence-corrected chi connectivity index (χ2v) is 6.04. The Kier molecular flexibility index (Phi) is 4.20. The Hall–Kier alpha value is -2.45. The number of anilines is 1. The van der Waals surface area contributed by atoms with Crippen molar-refractivity contribution in [3.63, 3.8) is 0 Å². The van der Waals surface area contributed by atoms with Crippen LogP contribution in [-0.4, -0.2) is 19.3 Å². The van der Waals surface area contributed by atoms with E-state index < -0.39 is 15.9 Å². The Bertz CT molecular complexity index is 760. The van der Waals surface area contributed by atoms with E-state index in [1.165, 1.54) is 18.2 Å². The van der Waals surface area contributed by atoms with Crippen LogP contribution in [0.5, 0.6) is 0 Å². The molecule has 0 aliphatic rings. The number of aromatic nitrogens is 1. The van der Waals surface area contributed by atoms with Crippen LogP contribution in [0.1, 0.15) is 15.9 Å². The lowest BCUT2D eigenvalue weighted by Gasteiger charge is -2.09. The van der Waals surface area contributed by atoms with E-state index in [9.17, 15) is 13.2 Å². The van der Waals surface area contributed by atoms with Crippen molar-refractivity contribution in [2.75, 3.05) is 5.73 Å². The highest BCUT2D eigenvalue weighted by Crippen LogP contribution is 2.19. The lowest BCUT2D eigenvalue weighted by molar-refractivity contribution is 0.1000. The minimum absolute atomic E-state index is 0.0370. The van der Waals surface area contributed by atoms with Crippen LogP contribution in [-0.2, 0) is 16.6 Å². The van der Waals surface area contributed by atoms with Crippen LogP contribution < -0.4 is 16.2 Å². The number of benzene rings is 1. The molecule has 0 saturated carbocycles. The summed E-state index contributed by atoms with van der Waals surface area (Å²) in [5.74, 6) is -0.672. The van der Waals surface area contributed by atoms with Crippen LogP contribution in [0.4, 0.5) is 5.69 Å². The highest BCUT2D eigenvalue weighted by Gasteiger charge is 2.18. The van der Waals surface area contributed by atoms with Gasteiger partial charge in [-0.05, 0) is 29.8 Å². The lowest BCUT2D eigenvalue weighted by Crippen LogP contribution is -2.24. The molecule has 0 spiro atoms. The van der Waals surface area contributed by atoms with Gasteiger partial charge >= 0.3 is 0 Å². The molecule has 1 aromatic heterocycles. The van der Waals surface area contributed by atoms with Crippen LogP contribution in [0.3, 0.4) is 0 Å². The summed E-state index contributed by atoms with van der Waals surface area (Å²) in [5, 5.41) is 0. The first-order valence-corrected chi connectivity index (χ1v) is 7.46. The maximum absolute atomic E-state index is 12.2. The van der Waals surface area contributed by atoms with Gasteiger partial charge in [0.15, 0.2) is 0 Å². The quantitative estimate of drug-likeness (QED) is 0.682. The van der Waals surface area contributed by atoms with Crippen molar-refractivity contribution in [2.45, 2.75) is 11.4 Å². The number of hydrogen-bond acceptors (Lipinski definition) is 5. The molecule has 2 aromatic rings. The van der Waals surface area contributed by atoms with E-state index >= 15 is 0 Å². The van der Waals surface area contributed by atoms with Gasteiger partial charge in [-0.25, -0.2) is 13.1 Å². The van der Waals surface area contributed by atoms with Gasteiger partial charge in [0.2, 0.25) is 15.9 Å². The second kappa shape index (κ2) is 5.90. The number of nitrogens with two attached hydrogens (primary N) is 2. The number of amides is 1. The van der Waals surface area contributed by atoms with E-state index in [0.717, 1.165) is 0 Å². The van der Waals surface area contributed by atoms with Gasteiger partial charge in [0.1, 0.15) is 4.90 Å². The van der Waals surface area contributed by atoms with Gasteiger partial charge < -0.3 is 11.5 Å². The van der Waals surface area contributed by atoms with Gasteiger partial charge in [-0.3, -0.25) is 9.78 Å². The number of primary amides is 1. The summed E-state index contributed by atoms with van der Waals surface area (Å²) < 4.78 is 26.8. The molecule has 1 amide bonds. The molecule has 1 aromatic carbocycles. The zero-order chi connectivity index (χ0) is 15.5. The fraction of sp³-hybridized carbons (Fsp3) is 0.0769. The Morgan fingerprint density at radius 1 is 1.29 bits per heavy atom. The number of carbonyl (C=O) groups excluding carboxylic acids is 1. The Morgan fingerprint density at radius 2 is 2.05 bits per heavy atom. The SMILES string of the molecule is NC(=O)c1ccc(S(=O)(=O)NCc2cccnc2)c(N)c1. The molecule has 0 unspecified atom stereocenters. The number of carbonyl (C=O) groups is 1. The third-order valence-electron chi connectivity index (χ3n) is 2.77. The third-order valence-corrected chi connectivity index (χ3v) is 4.25. The van der Waals surface area contributed by atoms with Gasteiger partial charge in [-0.15, -0.1) is 0 Å². The molecule has 0 aliphatic heterocycles. The molecule has 0 aliphatic carbocycles. The third kappa shape index (κ3) is 3.56. The van der Waals surface area contributed by atoms with Crippen LogP contribution >= 0.6 is 0 Å². The largest absolute Gasteiger partial charge is 0.398 e. The summed E-state index contributed by atoms with van der Waals surface area (Å²) in [6.45, 7) is 0.0905. The highest BCUT2D eigenvalue weighted by molar-refractivity contribution is 7.89. The normalized spacial score (nSPS) is 11.2. The first-order chi connectivity index (χ1) is 9.90. The summed E-state index contributed by atoms with van der Waals surface area (Å²) in [6, 6.07) is 7.26. The van der Waals surface area contributed by atoms with Gasteiger partial charge in [0.05, 0.1) is 5.69 Å². The van der Waals surface area contributed by atoms with Gasteiger partial charge in [0, 0.05) is 24.5 Å². The number of sulfonamides is 1. The zero-order valence-electron chi connectivity index (χ0n) is 11.0. The van der Waals surface area contributed by atoms with Crippen molar-refractivity contribution in [1.82, 2.24) is 9.71 Å². The predicted molar refractivity (Wildman–Crippen MR) is 77.6 cm³/mol. The van der Waals surface area contributed by atoms with E-state index in [0.29, 0.717) is 5.56 Å². The van der Waals surface area contributed by atoms with Crippen molar-refractivity contribution in [1.29, 1.82) is 0 Å². The summed E-state index contributed by atoms with van der Waals surface area (Å²) in [5.41, 5.74) is 11.6. The zero-order valence-corrected chi connectivity index (χ0v) is 11.8. The Morgan fingerprint density at radius 3 is 2.62 bits per heavy atom. The van der Waals surface area contributed by atoms with Crippen LogP contribution in [0.25, 0.3) is 0 Å². The van der Waals surface area contributed by atoms with Gasteiger partial charge in [-0.2, -0.15) is 0 Å². The van der Waals surface area contributed by atoms with Gasteiger partial charge in [0.25, 0.3) is 0 Å². The number of rotatable bonds is 5. The standard InChI is InChI=1S/C13H14N4O3S/c14-11-6-10(13(15)18)3-4-12(11)21(19,20)17-8-9-2-1-5-16-7-9/h1-7,17H,8,14H2,(H2,15,18). The molecule has 0 radical (unpaired) electrons. The number of nitrogen functional groups attached to an aromatic ring is 1. The van der Waals surface area contributed by atoms with Crippen molar-refractivity contribution in [2.24, 2.45) is 5.73 Å². The van der Waals surface area contributed by atoms with E-state index in [1.54, 1.807) is 24.5 Å². The number of hydrogen-bond donors (Lipinski definition) is 3. The Balaban J connectivity index is 2.22. The number of nitrogens with one attached hydrogen (secondary N) is 1. The monoisotopic (exact) mass is 306 g/mol. The maximum atomic E-state index is 12.2. The Labute approximate surface area is 122 Å². The molecular weight excluding hydrogens is 292 g/mol. The maximum Gasteiger partial charge on any atom is 0.248 e. The molecule has 21 heavy (non-hydrogen) atoms. The average molecular weight is 306 g/mol. The van der Waals surface area contributed by atoms with E-state index in [1.807, 2.05) is 0 Å². The molecule has 0 bridgehead atoms. The topological polar surface area (TPSA) is 128 Å². The first-order valence-electron chi connectivity index (χ1n) is 5.98. The minimum atomic E-state index is -3.79. The molecular formula is C13H14N4O3S. The predicted octanol–water partition coefficient (Wildman–Crippen LogP) is 0.241. The van der Waals surface area contributed by atoms with E-state index in [2.05, 4.69) is 9.71 Å². The lowest BCUT2D eigenvalue weighted by atomic mass is 10.2. The molecule has 8 heteroatoms. The summed E-state index contributed by atoms with van der Waals surface area (Å²) in [4.78, 5) is 14.8. The van der Waals surface area contributed by atoms with Crippen LogP contribution in [0, 0.1) is 0 Å². The number of nitrogens with zero attached hydrogens (tertiary/aromatic N) is 1. The molecule has 5 N–H and O–H groups in total. The van der Waals surface area contributed by atoms with Gasteiger partial charge in [-0.1, -0.05) is 6.07 Å². The van der Waals surface area contributed by atoms with E-state index in [-0.39, 0.29) is 22.7 Å². The summed E-state index contributed by atoms with van der Waals surface area (Å²) in [7, 11) is -3.79. The summed E-state index contributed by atoms with van der Waals surface area (Å²) in [6.07, 6.45) is 3.15. The van der Waals surface area contributed by atoms with E-state index in [4.69, 9.17) is 11.5 Å². The van der Waals surface area contributed by atoms with Crippen molar-refractivity contribution >= 4 is 21.6 Å². The second-order valence-electron chi connectivity index (χ2n) is 4.30. The smallest absolute Gasteiger partial charge is 0.248 e.